The molecule has 11 nitrogen and oxygen atoms in total. The van der Waals surface area contributed by atoms with E-state index in [1.807, 2.05) is 0 Å². The minimum atomic E-state index is -3.62. The number of amides is 2. The number of benzene rings is 2. The molecule has 14 heteroatoms. The van der Waals surface area contributed by atoms with E-state index < -0.39 is 45.9 Å². The summed E-state index contributed by atoms with van der Waals surface area (Å²) in [6.07, 6.45) is 4.66. The Labute approximate surface area is 258 Å². The lowest BCUT2D eigenvalue weighted by molar-refractivity contribution is -0.138. The highest BCUT2D eigenvalue weighted by Crippen LogP contribution is 2.47. The van der Waals surface area contributed by atoms with Crippen LogP contribution >= 0.6 is 23.2 Å². The Bertz CT molecular complexity index is 1660. The van der Waals surface area contributed by atoms with Crippen molar-refractivity contribution in [3.63, 3.8) is 0 Å². The zero-order valence-corrected chi connectivity index (χ0v) is 25.3. The number of furan rings is 1. The molecule has 3 N–H and O–H groups in total. The van der Waals surface area contributed by atoms with Crippen molar-refractivity contribution in [1.29, 1.82) is 0 Å². The molecule has 0 bridgehead atoms. The molecule has 43 heavy (non-hydrogen) atoms. The minimum Gasteiger partial charge on any atom is -0.478 e. The van der Waals surface area contributed by atoms with E-state index in [-0.39, 0.29) is 28.9 Å². The van der Waals surface area contributed by atoms with Crippen LogP contribution in [0.1, 0.15) is 75.2 Å². The Balaban J connectivity index is 1.57. The number of carbonyl (C=O) groups is 3. The van der Waals surface area contributed by atoms with Crippen LogP contribution in [0.4, 0.5) is 0 Å². The van der Waals surface area contributed by atoms with Crippen LogP contribution in [0.2, 0.25) is 10.0 Å². The molecule has 1 aliphatic heterocycles. The predicted molar refractivity (Wildman–Crippen MR) is 157 cm³/mol. The van der Waals surface area contributed by atoms with E-state index in [1.165, 1.54) is 12.1 Å². The Morgan fingerprint density at radius 3 is 2.53 bits per heavy atom. The van der Waals surface area contributed by atoms with Crippen LogP contribution in [0, 0.1) is 0 Å². The molecule has 0 unspecified atom stereocenters. The molecule has 2 aliphatic rings. The first-order valence-electron chi connectivity index (χ1n) is 13.5. The summed E-state index contributed by atoms with van der Waals surface area (Å²) in [5.74, 6) is -2.99. The summed E-state index contributed by atoms with van der Waals surface area (Å²) in [6.45, 7) is -0.259. The highest BCUT2D eigenvalue weighted by Gasteiger charge is 2.49. The summed E-state index contributed by atoms with van der Waals surface area (Å²) >= 11 is 12.9. The Morgan fingerprint density at radius 2 is 1.84 bits per heavy atom. The molecule has 2 heterocycles. The van der Waals surface area contributed by atoms with Crippen LogP contribution in [0.15, 0.2) is 59.2 Å². The van der Waals surface area contributed by atoms with Gasteiger partial charge in [-0.3, -0.25) is 14.4 Å². The second kappa shape index (κ2) is 12.7. The number of halogens is 2. The van der Waals surface area contributed by atoms with Crippen LogP contribution in [0.25, 0.3) is 0 Å². The van der Waals surface area contributed by atoms with Gasteiger partial charge in [-0.15, -0.1) is 0 Å². The number of aromatic carboxylic acids is 1. The number of sulfonamides is 1. The van der Waals surface area contributed by atoms with Gasteiger partial charge in [0.2, 0.25) is 10.0 Å². The molecular weight excluding hydrogens is 621 g/mol. The van der Waals surface area contributed by atoms with Gasteiger partial charge in [-0.25, -0.2) is 23.4 Å². The quantitative estimate of drug-likeness (QED) is 0.282. The number of hydroxylamine groups is 1. The Hall–Kier alpha value is -3.42. The first-order chi connectivity index (χ1) is 20.4. The van der Waals surface area contributed by atoms with E-state index in [4.69, 9.17) is 37.6 Å². The fourth-order valence-corrected chi connectivity index (χ4v) is 7.28. The van der Waals surface area contributed by atoms with Gasteiger partial charge in [0.1, 0.15) is 18.6 Å². The number of hydrogen-bond donors (Lipinski definition) is 3. The van der Waals surface area contributed by atoms with Gasteiger partial charge in [0.05, 0.1) is 23.8 Å². The number of fused-ring (bicyclic) bond motifs is 1. The Kier molecular flexibility index (Phi) is 9.14. The average Bonchev–Trinajstić information content (AvgIpc) is 3.42. The first kappa shape index (κ1) is 31.0. The molecular formula is C29H29Cl2N3O8S. The summed E-state index contributed by atoms with van der Waals surface area (Å²) in [7, 11) is -3.62. The van der Waals surface area contributed by atoms with Crippen molar-refractivity contribution < 1.29 is 37.2 Å². The van der Waals surface area contributed by atoms with Crippen molar-refractivity contribution in [3.05, 3.63) is 92.9 Å². The molecule has 4 atom stereocenters. The minimum absolute atomic E-state index is 0.0672. The lowest BCUT2D eigenvalue weighted by Gasteiger charge is -2.49. The number of carboxylic acid groups (broad SMARTS) is 1. The van der Waals surface area contributed by atoms with Gasteiger partial charge >= 0.3 is 5.97 Å². The number of carboxylic acids is 1. The maximum absolute atomic E-state index is 14.3. The van der Waals surface area contributed by atoms with Gasteiger partial charge in [0.15, 0.2) is 0 Å². The monoisotopic (exact) mass is 649 g/mol. The maximum Gasteiger partial charge on any atom is 0.338 e. The number of hydrogen-bond acceptors (Lipinski definition) is 7. The highest BCUT2D eigenvalue weighted by molar-refractivity contribution is 7.88. The van der Waals surface area contributed by atoms with E-state index in [0.717, 1.165) is 25.4 Å². The smallest absolute Gasteiger partial charge is 0.338 e. The van der Waals surface area contributed by atoms with Gasteiger partial charge in [0, 0.05) is 27.7 Å². The summed E-state index contributed by atoms with van der Waals surface area (Å²) in [5.41, 5.74) is 3.56. The second-order valence-electron chi connectivity index (χ2n) is 10.6. The van der Waals surface area contributed by atoms with Gasteiger partial charge in [-0.1, -0.05) is 60.3 Å². The average molecular weight is 651 g/mol. The first-order valence-corrected chi connectivity index (χ1v) is 16.2. The molecule has 5 rings (SSSR count). The molecule has 1 aliphatic carbocycles. The fourth-order valence-electron chi connectivity index (χ4n) is 5.94. The molecule has 2 amide bonds. The van der Waals surface area contributed by atoms with E-state index in [0.29, 0.717) is 34.6 Å². The number of rotatable bonds is 9. The Morgan fingerprint density at radius 1 is 1.09 bits per heavy atom. The lowest BCUT2D eigenvalue weighted by Crippen LogP contribution is -2.59. The number of nitrogens with one attached hydrogen (secondary N) is 2. The van der Waals surface area contributed by atoms with Gasteiger partial charge in [0.25, 0.3) is 11.8 Å². The van der Waals surface area contributed by atoms with Crippen LogP contribution in [-0.4, -0.2) is 54.5 Å². The van der Waals surface area contributed by atoms with Gasteiger partial charge in [-0.2, -0.15) is 0 Å². The summed E-state index contributed by atoms with van der Waals surface area (Å²) < 4.78 is 32.5. The third-order valence-corrected chi connectivity index (χ3v) is 8.97. The lowest BCUT2D eigenvalue weighted by atomic mass is 9.76. The SMILES string of the molecule is CS(=O)(=O)N[C@H]1CCCC[C@@H]1N1C(=O)c2ccccc2[C@@H](C(=O)NOCc2cc(C(=O)O)co2)[C@@H]1c1ccc(Cl)cc1Cl. The summed E-state index contributed by atoms with van der Waals surface area (Å²) in [6, 6.07) is 10.7. The van der Waals surface area contributed by atoms with E-state index >= 15 is 0 Å². The van der Waals surface area contributed by atoms with Crippen molar-refractivity contribution in [2.24, 2.45) is 0 Å². The third kappa shape index (κ3) is 6.73. The number of nitrogens with zero attached hydrogens (tertiary/aromatic N) is 1. The van der Waals surface area contributed by atoms with E-state index in [2.05, 4.69) is 10.2 Å². The number of carbonyl (C=O) groups excluding carboxylic acids is 2. The highest BCUT2D eigenvalue weighted by atomic mass is 35.5. The zero-order valence-electron chi connectivity index (χ0n) is 23.0. The standard InChI is InChI=1S/C29H29Cl2N3O8S/c1-43(39,40)33-23-8-4-5-9-24(23)34-26(21-11-10-17(30)13-22(21)31)25(19-6-2-3-7-20(19)28(34)36)27(35)32-42-15-18-12-16(14-41-18)29(37)38/h2-3,6-7,10-14,23-26,33H,4-5,8-9,15H2,1H3,(H,32,35)(H,37,38)/t23-,24-,25+,26-/m0/s1. The molecule has 0 spiro atoms. The van der Waals surface area contributed by atoms with Crippen LogP contribution in [-0.2, 0) is 26.3 Å². The van der Waals surface area contributed by atoms with Crippen LogP contribution < -0.4 is 10.2 Å². The molecule has 2 aromatic carbocycles. The van der Waals surface area contributed by atoms with Gasteiger partial charge < -0.3 is 14.4 Å². The topological polar surface area (TPSA) is 155 Å². The third-order valence-electron chi connectivity index (χ3n) is 7.68. The van der Waals surface area contributed by atoms with E-state index in [9.17, 15) is 22.8 Å². The normalized spacial score (nSPS) is 22.2. The molecule has 1 fully saturated rings. The van der Waals surface area contributed by atoms with Crippen molar-refractivity contribution in [2.45, 2.75) is 56.3 Å². The maximum atomic E-state index is 14.3. The zero-order chi connectivity index (χ0) is 30.9. The van der Waals surface area contributed by atoms with Crippen molar-refractivity contribution >= 4 is 51.0 Å². The predicted octanol–water partition coefficient (Wildman–Crippen LogP) is 4.67. The molecule has 0 saturated heterocycles. The molecule has 3 aromatic rings. The largest absolute Gasteiger partial charge is 0.478 e. The van der Waals surface area contributed by atoms with Crippen molar-refractivity contribution in [2.75, 3.05) is 6.26 Å². The summed E-state index contributed by atoms with van der Waals surface area (Å²) in [5, 5.41) is 9.72. The van der Waals surface area contributed by atoms with E-state index in [1.54, 1.807) is 41.3 Å². The van der Waals surface area contributed by atoms with Gasteiger partial charge in [-0.05, 0) is 48.2 Å². The molecule has 1 aromatic heterocycles. The molecule has 0 radical (unpaired) electrons. The second-order valence-corrected chi connectivity index (χ2v) is 13.2. The summed E-state index contributed by atoms with van der Waals surface area (Å²) in [4.78, 5) is 46.4. The van der Waals surface area contributed by atoms with Crippen LogP contribution in [0.5, 0.6) is 0 Å². The molecule has 228 valence electrons. The fraction of sp³-hybridized carbons (Fsp3) is 0.345. The van der Waals surface area contributed by atoms with Crippen molar-refractivity contribution in [1.82, 2.24) is 15.1 Å². The van der Waals surface area contributed by atoms with Crippen LogP contribution in [0.3, 0.4) is 0 Å². The van der Waals surface area contributed by atoms with Crippen molar-refractivity contribution in [3.8, 4) is 0 Å². The molecule has 1 saturated carbocycles.